The van der Waals surface area contributed by atoms with Gasteiger partial charge in [0, 0.05) is 6.54 Å². The highest BCUT2D eigenvalue weighted by atomic mass is 79.9. The first-order valence-corrected chi connectivity index (χ1v) is 7.85. The van der Waals surface area contributed by atoms with E-state index in [-0.39, 0.29) is 15.7 Å². The maximum atomic E-state index is 13.8. The van der Waals surface area contributed by atoms with Crippen molar-refractivity contribution < 1.29 is 8.78 Å². The molecule has 0 aliphatic carbocycles. The van der Waals surface area contributed by atoms with Crippen LogP contribution in [0.3, 0.4) is 0 Å². The Morgan fingerprint density at radius 3 is 2.45 bits per heavy atom. The van der Waals surface area contributed by atoms with Crippen molar-refractivity contribution >= 4 is 15.9 Å². The van der Waals surface area contributed by atoms with E-state index in [9.17, 15) is 8.78 Å². The summed E-state index contributed by atoms with van der Waals surface area (Å²) in [6.07, 6.45) is 1.36. The average Bonchev–Trinajstić information content (AvgIpc) is 2.31. The van der Waals surface area contributed by atoms with Crippen LogP contribution in [-0.2, 0) is 6.42 Å². The molecule has 114 valence electrons. The zero-order chi connectivity index (χ0) is 15.3. The molecule has 0 amide bonds. The second kappa shape index (κ2) is 7.51. The van der Waals surface area contributed by atoms with Crippen LogP contribution in [0.15, 0.2) is 16.6 Å². The highest BCUT2D eigenvalue weighted by molar-refractivity contribution is 9.10. The minimum atomic E-state index is -0.405. The van der Waals surface area contributed by atoms with Gasteiger partial charge in [-0.3, -0.25) is 0 Å². The van der Waals surface area contributed by atoms with Crippen LogP contribution in [-0.4, -0.2) is 13.1 Å². The van der Waals surface area contributed by atoms with Crippen molar-refractivity contribution in [1.29, 1.82) is 0 Å². The van der Waals surface area contributed by atoms with Crippen LogP contribution in [0.4, 0.5) is 8.78 Å². The van der Waals surface area contributed by atoms with Crippen molar-refractivity contribution in [2.45, 2.75) is 40.5 Å². The molecule has 0 saturated carbocycles. The molecule has 0 fully saturated rings. The number of aryl methyl sites for hydroxylation is 1. The normalized spacial score (nSPS) is 12.2. The summed E-state index contributed by atoms with van der Waals surface area (Å²) < 4.78 is 27.4. The van der Waals surface area contributed by atoms with Gasteiger partial charge in [0.15, 0.2) is 0 Å². The minimum Gasteiger partial charge on any atom is -0.316 e. The highest BCUT2D eigenvalue weighted by Gasteiger charge is 2.19. The lowest BCUT2D eigenvalue weighted by atomic mass is 9.86. The highest BCUT2D eigenvalue weighted by Crippen LogP contribution is 2.25. The van der Waals surface area contributed by atoms with Gasteiger partial charge in [-0.2, -0.15) is 0 Å². The van der Waals surface area contributed by atoms with Crippen molar-refractivity contribution in [3.05, 3.63) is 33.8 Å². The molecule has 4 heteroatoms. The maximum Gasteiger partial charge on any atom is 0.137 e. The second-order valence-electron chi connectivity index (χ2n) is 6.55. The third-order valence-electron chi connectivity index (χ3n) is 3.32. The molecule has 0 aliphatic heterocycles. The number of nitrogens with one attached hydrogen (secondary N) is 1. The Labute approximate surface area is 129 Å². The van der Waals surface area contributed by atoms with Gasteiger partial charge in [0.1, 0.15) is 11.6 Å². The Balaban J connectivity index is 2.55. The van der Waals surface area contributed by atoms with E-state index >= 15 is 0 Å². The number of halogens is 3. The lowest BCUT2D eigenvalue weighted by molar-refractivity contribution is 0.307. The third kappa shape index (κ3) is 5.88. The van der Waals surface area contributed by atoms with Gasteiger partial charge in [-0.25, -0.2) is 8.78 Å². The van der Waals surface area contributed by atoms with Crippen molar-refractivity contribution in [1.82, 2.24) is 5.32 Å². The molecule has 0 atom stereocenters. The van der Waals surface area contributed by atoms with Crippen LogP contribution in [0, 0.1) is 23.0 Å². The van der Waals surface area contributed by atoms with Gasteiger partial charge in [0.05, 0.1) is 4.47 Å². The van der Waals surface area contributed by atoms with E-state index in [1.54, 1.807) is 0 Å². The Morgan fingerprint density at radius 1 is 1.20 bits per heavy atom. The standard InChI is InChI=1S/C16H24BrF2N/c1-11(2)9-20-10-16(3,4)6-5-12-7-15(19)13(17)8-14(12)18/h7-8,11,20H,5-6,9-10H2,1-4H3. The van der Waals surface area contributed by atoms with Gasteiger partial charge >= 0.3 is 0 Å². The lowest BCUT2D eigenvalue weighted by Crippen LogP contribution is -2.32. The molecule has 0 spiro atoms. The SMILES string of the molecule is CC(C)CNCC(C)(C)CCc1cc(F)c(Br)cc1F. The zero-order valence-electron chi connectivity index (χ0n) is 12.7. The smallest absolute Gasteiger partial charge is 0.137 e. The van der Waals surface area contributed by atoms with E-state index in [0.29, 0.717) is 17.9 Å². The fraction of sp³-hybridized carbons (Fsp3) is 0.625. The van der Waals surface area contributed by atoms with Crippen LogP contribution in [0.5, 0.6) is 0 Å². The topological polar surface area (TPSA) is 12.0 Å². The molecule has 0 radical (unpaired) electrons. The van der Waals surface area contributed by atoms with E-state index in [4.69, 9.17) is 0 Å². The summed E-state index contributed by atoms with van der Waals surface area (Å²) in [5.74, 6) is -0.134. The van der Waals surface area contributed by atoms with E-state index in [1.165, 1.54) is 12.1 Å². The molecule has 0 saturated heterocycles. The fourth-order valence-electron chi connectivity index (χ4n) is 2.02. The van der Waals surface area contributed by atoms with Gasteiger partial charge in [-0.15, -0.1) is 0 Å². The molecule has 0 aromatic heterocycles. The maximum absolute atomic E-state index is 13.8. The van der Waals surface area contributed by atoms with Gasteiger partial charge in [0.2, 0.25) is 0 Å². The fourth-order valence-corrected chi connectivity index (χ4v) is 2.33. The minimum absolute atomic E-state index is 0.0604. The predicted octanol–water partition coefficient (Wildman–Crippen LogP) is 4.93. The van der Waals surface area contributed by atoms with Crippen LogP contribution in [0.1, 0.15) is 39.7 Å². The molecule has 1 rings (SSSR count). The first-order valence-electron chi connectivity index (χ1n) is 7.05. The zero-order valence-corrected chi connectivity index (χ0v) is 14.3. The Morgan fingerprint density at radius 2 is 1.85 bits per heavy atom. The molecule has 1 aromatic rings. The Bertz CT molecular complexity index is 444. The molecule has 0 aliphatic rings. The van der Waals surface area contributed by atoms with E-state index in [1.807, 2.05) is 0 Å². The van der Waals surface area contributed by atoms with Crippen LogP contribution >= 0.6 is 15.9 Å². The number of rotatable bonds is 7. The van der Waals surface area contributed by atoms with Crippen LogP contribution < -0.4 is 5.32 Å². The first-order chi connectivity index (χ1) is 9.21. The van der Waals surface area contributed by atoms with E-state index in [2.05, 4.69) is 48.9 Å². The molecule has 0 unspecified atom stereocenters. The largest absolute Gasteiger partial charge is 0.316 e. The molecule has 1 aromatic carbocycles. The summed E-state index contributed by atoms with van der Waals surface area (Å²) in [6, 6.07) is 2.49. The summed E-state index contributed by atoms with van der Waals surface area (Å²) >= 11 is 2.99. The molecule has 1 N–H and O–H groups in total. The summed E-state index contributed by atoms with van der Waals surface area (Å²) in [6.45, 7) is 10.5. The molecule has 0 bridgehead atoms. The number of hydrogen-bond donors (Lipinski definition) is 1. The second-order valence-corrected chi connectivity index (χ2v) is 7.40. The molecule has 20 heavy (non-hydrogen) atoms. The first kappa shape index (κ1) is 17.6. The third-order valence-corrected chi connectivity index (χ3v) is 3.92. The van der Waals surface area contributed by atoms with Crippen molar-refractivity contribution in [2.75, 3.05) is 13.1 Å². The Hall–Kier alpha value is -0.480. The molecule has 1 nitrogen and oxygen atoms in total. The monoisotopic (exact) mass is 347 g/mol. The summed E-state index contributed by atoms with van der Waals surface area (Å²) in [5, 5.41) is 3.42. The van der Waals surface area contributed by atoms with E-state index < -0.39 is 5.82 Å². The van der Waals surface area contributed by atoms with Crippen LogP contribution in [0.2, 0.25) is 0 Å². The summed E-state index contributed by atoms with van der Waals surface area (Å²) in [5.41, 5.74) is 0.507. The predicted molar refractivity (Wildman–Crippen MR) is 83.9 cm³/mol. The van der Waals surface area contributed by atoms with Crippen molar-refractivity contribution in [3.63, 3.8) is 0 Å². The number of benzene rings is 1. The van der Waals surface area contributed by atoms with Gasteiger partial charge in [-0.1, -0.05) is 27.7 Å². The average molecular weight is 348 g/mol. The van der Waals surface area contributed by atoms with Crippen LogP contribution in [0.25, 0.3) is 0 Å². The van der Waals surface area contributed by atoms with Gasteiger partial charge in [-0.05, 0) is 64.3 Å². The number of hydrogen-bond acceptors (Lipinski definition) is 1. The Kier molecular flexibility index (Phi) is 6.59. The van der Waals surface area contributed by atoms with Crippen molar-refractivity contribution in [3.8, 4) is 0 Å². The van der Waals surface area contributed by atoms with Gasteiger partial charge in [0.25, 0.3) is 0 Å². The molecular weight excluding hydrogens is 324 g/mol. The summed E-state index contributed by atoms with van der Waals surface area (Å²) in [4.78, 5) is 0. The van der Waals surface area contributed by atoms with E-state index in [0.717, 1.165) is 19.5 Å². The van der Waals surface area contributed by atoms with Gasteiger partial charge < -0.3 is 5.32 Å². The quantitative estimate of drug-likeness (QED) is 0.689. The van der Waals surface area contributed by atoms with Crippen molar-refractivity contribution in [2.24, 2.45) is 11.3 Å². The summed E-state index contributed by atoms with van der Waals surface area (Å²) in [7, 11) is 0. The lowest BCUT2D eigenvalue weighted by Gasteiger charge is -2.26. The molecule has 0 heterocycles. The molecular formula is C16H24BrF2N.